The molecule has 6 nitrogen and oxygen atoms in total. The molecule has 1 spiro atoms. The Morgan fingerprint density at radius 3 is 0.975 bits per heavy atom. The Balaban J connectivity index is 0.000000136. The fourth-order valence-electron chi connectivity index (χ4n) is 20.1. The van der Waals surface area contributed by atoms with Crippen molar-refractivity contribution >= 4 is 131 Å². The Bertz CT molecular complexity index is 8310. The predicted octanol–water partition coefficient (Wildman–Crippen LogP) is 30.0. The zero-order chi connectivity index (χ0) is 78.0. The Morgan fingerprint density at radius 2 is 0.504 bits per heavy atom. The molecular formula is C113H66N4O2. The second-order valence-electron chi connectivity index (χ2n) is 31.6. The van der Waals surface area contributed by atoms with Gasteiger partial charge in [0.1, 0.15) is 22.3 Å². The molecule has 2 aliphatic rings. The molecule has 0 bridgehead atoms. The largest absolute Gasteiger partial charge is 0.455 e. The number of rotatable bonds is 7. The molecule has 0 atom stereocenters. The van der Waals surface area contributed by atoms with E-state index in [1.54, 1.807) is 0 Å². The van der Waals surface area contributed by atoms with E-state index < -0.39 is 5.41 Å². The second-order valence-corrected chi connectivity index (χ2v) is 31.6. The van der Waals surface area contributed by atoms with E-state index in [0.717, 1.165) is 160 Å². The van der Waals surface area contributed by atoms with E-state index in [1.807, 2.05) is 12.4 Å². The van der Waals surface area contributed by atoms with Crippen LogP contribution < -0.4 is 0 Å². The van der Waals surface area contributed by atoms with Gasteiger partial charge in [-0.15, -0.1) is 0 Å². The van der Waals surface area contributed by atoms with Gasteiger partial charge in [-0.25, -0.2) is 9.97 Å². The number of furan rings is 2. The minimum absolute atomic E-state index is 0.429. The highest BCUT2D eigenvalue weighted by Gasteiger charge is 2.51. The number of fused-ring (bicyclic) bond motifs is 32. The van der Waals surface area contributed by atoms with Crippen molar-refractivity contribution < 1.29 is 8.83 Å². The van der Waals surface area contributed by atoms with Crippen LogP contribution in [0.25, 0.3) is 231 Å². The Morgan fingerprint density at radius 1 is 0.185 bits per heavy atom. The minimum atomic E-state index is -0.429. The first-order chi connectivity index (χ1) is 59.0. The summed E-state index contributed by atoms with van der Waals surface area (Å²) in [6, 6.07) is 140. The number of aromatic nitrogens is 4. The third-order valence-corrected chi connectivity index (χ3v) is 25.4. The van der Waals surface area contributed by atoms with Crippen LogP contribution in [0.5, 0.6) is 0 Å². The normalized spacial score (nSPS) is 12.6. The van der Waals surface area contributed by atoms with Crippen molar-refractivity contribution in [3.63, 3.8) is 0 Å². The van der Waals surface area contributed by atoms with Crippen LogP contribution in [-0.2, 0) is 5.41 Å². The van der Waals surface area contributed by atoms with E-state index in [1.165, 1.54) is 93.3 Å². The van der Waals surface area contributed by atoms with Gasteiger partial charge in [-0.2, -0.15) is 0 Å². The number of nitrogens with zero attached hydrogens (tertiary/aromatic N) is 4. The molecule has 0 N–H and O–H groups in total. The van der Waals surface area contributed by atoms with Crippen LogP contribution in [0.1, 0.15) is 22.3 Å². The van der Waals surface area contributed by atoms with Gasteiger partial charge in [0.2, 0.25) is 0 Å². The van der Waals surface area contributed by atoms with Gasteiger partial charge in [-0.05, 0) is 151 Å². The lowest BCUT2D eigenvalue weighted by Crippen LogP contribution is -2.25. The number of hydrogen-bond acceptors (Lipinski definition) is 6. The fraction of sp³-hybridized carbons (Fsp3) is 0.00885. The van der Waals surface area contributed by atoms with Crippen molar-refractivity contribution in [2.24, 2.45) is 0 Å². The van der Waals surface area contributed by atoms with E-state index in [2.05, 4.69) is 388 Å². The molecule has 0 unspecified atom stereocenters. The maximum Gasteiger partial charge on any atom is 0.143 e. The lowest BCUT2D eigenvalue weighted by Gasteiger charge is -2.30. The van der Waals surface area contributed by atoms with Crippen LogP contribution in [0.15, 0.2) is 409 Å². The monoisotopic (exact) mass is 1510 g/mol. The lowest BCUT2D eigenvalue weighted by molar-refractivity contribution is 0.671. The van der Waals surface area contributed by atoms with Gasteiger partial charge in [0.15, 0.2) is 0 Å². The van der Waals surface area contributed by atoms with E-state index in [0.29, 0.717) is 0 Å². The molecule has 2 aliphatic carbocycles. The van der Waals surface area contributed by atoms with E-state index in [4.69, 9.17) is 28.8 Å². The SMILES string of the molecule is c1cc(-c2cnc3c4ccccc4c4ccccc4c3n2)cc(-c2cc3ccccc3c3c2oc2c(-c4ccc5c(c4)C4(c6ccccc6-c6ccccc64)c4ccccc4-5)cccc23)c1.c1ccc(-c2ccc(-c3cccc4c3oc3c(-c5cccc(-c6cnc7c8ccccc8c8ccccc8c7n6)c5)cc5ccccc5c34)cc2)cc1. The van der Waals surface area contributed by atoms with Crippen LogP contribution >= 0.6 is 0 Å². The molecule has 0 aliphatic heterocycles. The molecule has 0 radical (unpaired) electrons. The van der Waals surface area contributed by atoms with E-state index in [-0.39, 0.29) is 0 Å². The molecule has 6 heteroatoms. The first kappa shape index (κ1) is 66.7. The summed E-state index contributed by atoms with van der Waals surface area (Å²) in [5.74, 6) is 0. The van der Waals surface area contributed by atoms with Crippen LogP contribution in [0, 0.1) is 0 Å². The van der Waals surface area contributed by atoms with Crippen molar-refractivity contribution in [3.05, 3.63) is 423 Å². The first-order valence-corrected chi connectivity index (χ1v) is 40.7. The maximum absolute atomic E-state index is 7.31. The summed E-state index contributed by atoms with van der Waals surface area (Å²) < 4.78 is 14.3. The van der Waals surface area contributed by atoms with Crippen LogP contribution in [-0.4, -0.2) is 19.9 Å². The Hall–Kier alpha value is -15.8. The zero-order valence-corrected chi connectivity index (χ0v) is 64.2. The van der Waals surface area contributed by atoms with Crippen LogP contribution in [0.2, 0.25) is 0 Å². The van der Waals surface area contributed by atoms with Gasteiger partial charge in [0.25, 0.3) is 0 Å². The quantitative estimate of drug-likeness (QED) is 0.148. The molecule has 119 heavy (non-hydrogen) atoms. The molecule has 20 aromatic carbocycles. The Kier molecular flexibility index (Phi) is 14.6. The minimum Gasteiger partial charge on any atom is -0.455 e. The standard InChI is InChI=1S/C63H36N2O.C50H30N2O/c1-2-18-41-38(15-1)34-52(37-16-13-17-40(33-37)57-36-64-59-49-24-5-3-19-43(49)44-20-4-6-25-50(44)60(59)65-57)62-58(41)51-27-14-26-42(61(51)66-62)39-31-32-48-47-23-9-12-30-55(47)63(56(48)35-39)53-28-10-7-21-45(53)46-22-8-11-29-54(46)63;1-2-12-31(13-3-1)32-24-26-33(27-25-32)38-22-11-23-43-46-37-17-5-4-14-35(37)29-44(50(46)53-49(38)43)34-15-10-16-36(28-34)45-30-51-47-41-20-8-6-18-39(41)40-19-7-9-21-42(40)48(47)52-45/h1-36H;1-30H. The summed E-state index contributed by atoms with van der Waals surface area (Å²) >= 11 is 0. The smallest absolute Gasteiger partial charge is 0.143 e. The van der Waals surface area contributed by atoms with Crippen molar-refractivity contribution in [1.82, 2.24) is 19.9 Å². The molecule has 4 heterocycles. The number of para-hydroxylation sites is 2. The predicted molar refractivity (Wildman–Crippen MR) is 493 cm³/mol. The molecule has 550 valence electrons. The van der Waals surface area contributed by atoms with Gasteiger partial charge in [-0.3, -0.25) is 9.97 Å². The third kappa shape index (κ3) is 10.0. The summed E-state index contributed by atoms with van der Waals surface area (Å²) in [6.45, 7) is 0. The summed E-state index contributed by atoms with van der Waals surface area (Å²) in [7, 11) is 0. The lowest BCUT2D eigenvalue weighted by atomic mass is 9.70. The molecular weight excluding hydrogens is 1450 g/mol. The first-order valence-electron chi connectivity index (χ1n) is 40.7. The zero-order valence-electron chi connectivity index (χ0n) is 64.2. The van der Waals surface area contributed by atoms with Gasteiger partial charge >= 0.3 is 0 Å². The highest BCUT2D eigenvalue weighted by atomic mass is 16.3. The Labute approximate surface area is 683 Å². The average Bonchev–Trinajstić information content (AvgIpc) is 1.51. The van der Waals surface area contributed by atoms with Crippen molar-refractivity contribution in [2.75, 3.05) is 0 Å². The average molecular weight is 1510 g/mol. The van der Waals surface area contributed by atoms with Crippen molar-refractivity contribution in [2.45, 2.75) is 5.41 Å². The second kappa shape index (κ2) is 26.1. The highest BCUT2D eigenvalue weighted by Crippen LogP contribution is 2.63. The summed E-state index contributed by atoms with van der Waals surface area (Å²) in [6.07, 6.45) is 3.84. The topological polar surface area (TPSA) is 77.8 Å². The summed E-state index contributed by atoms with van der Waals surface area (Å²) in [5, 5.41) is 18.3. The van der Waals surface area contributed by atoms with E-state index >= 15 is 0 Å². The summed E-state index contributed by atoms with van der Waals surface area (Å²) in [4.78, 5) is 20.8. The summed E-state index contributed by atoms with van der Waals surface area (Å²) in [5.41, 5.74) is 32.0. The van der Waals surface area contributed by atoms with Gasteiger partial charge in [-0.1, -0.05) is 358 Å². The fourth-order valence-corrected chi connectivity index (χ4v) is 20.1. The van der Waals surface area contributed by atoms with Gasteiger partial charge in [0, 0.05) is 76.5 Å². The van der Waals surface area contributed by atoms with E-state index in [9.17, 15) is 0 Å². The highest BCUT2D eigenvalue weighted by molar-refractivity contribution is 6.28. The number of hydrogen-bond donors (Lipinski definition) is 0. The van der Waals surface area contributed by atoms with Crippen LogP contribution in [0.3, 0.4) is 0 Å². The molecule has 0 amide bonds. The molecule has 4 aromatic heterocycles. The van der Waals surface area contributed by atoms with Crippen molar-refractivity contribution in [1.29, 1.82) is 0 Å². The molecule has 26 rings (SSSR count). The maximum atomic E-state index is 7.31. The van der Waals surface area contributed by atoms with Gasteiger partial charge in [0.05, 0.1) is 51.3 Å². The van der Waals surface area contributed by atoms with Crippen molar-refractivity contribution in [3.8, 4) is 100 Å². The molecule has 24 aromatic rings. The molecule has 0 saturated heterocycles. The molecule has 0 saturated carbocycles. The molecule has 0 fully saturated rings. The third-order valence-electron chi connectivity index (χ3n) is 25.4. The number of benzene rings is 20. The van der Waals surface area contributed by atoms with Crippen LogP contribution in [0.4, 0.5) is 0 Å². The van der Waals surface area contributed by atoms with Gasteiger partial charge < -0.3 is 8.83 Å².